The van der Waals surface area contributed by atoms with Gasteiger partial charge in [0.2, 0.25) is 5.91 Å². The molecule has 8 rings (SSSR count). The van der Waals surface area contributed by atoms with E-state index in [1.165, 1.54) is 12.1 Å². The second-order valence-electron chi connectivity index (χ2n) is 13.6. The van der Waals surface area contributed by atoms with Crippen LogP contribution in [0.5, 0.6) is 0 Å². The molecule has 0 radical (unpaired) electrons. The van der Waals surface area contributed by atoms with Gasteiger partial charge in [0, 0.05) is 49.3 Å². The summed E-state index contributed by atoms with van der Waals surface area (Å²) in [7, 11) is -1.54. The van der Waals surface area contributed by atoms with Crippen LogP contribution in [0.3, 0.4) is 0 Å². The Morgan fingerprint density at radius 1 is 0.961 bits per heavy atom. The van der Waals surface area contributed by atoms with E-state index in [2.05, 4.69) is 43.0 Å². The zero-order valence-corrected chi connectivity index (χ0v) is 29.3. The van der Waals surface area contributed by atoms with E-state index in [4.69, 9.17) is 5.10 Å². The molecule has 1 unspecified atom stereocenters. The van der Waals surface area contributed by atoms with Crippen LogP contribution in [-0.4, -0.2) is 87.9 Å². The first-order valence-electron chi connectivity index (χ1n) is 17.2. The number of carbonyl (C=O) groups excluding carboxylic acids is 3. The SMILES string of the molecule is CCS(=O)(=O)c1cccc(C(=O)N2CC(n3ncc4c3C(C)N(C)c3c(Nc5cc(NC(=O)C6CC6)nnc5C(=O)NC5CC5)cccc3-4)C2)n1. The van der Waals surface area contributed by atoms with Gasteiger partial charge >= 0.3 is 0 Å². The molecule has 4 aliphatic rings. The standard InChI is InChI=1S/C35H38N10O5S/c1-4-51(49,50)29-10-6-9-26(39-29)35(48)44-17-22(18-44)45-31-19(2)43(3)32-23(24(31)16-36-45)7-5-8-25(32)38-27-15-28(40-33(46)20-11-12-20)41-42-30(27)34(47)37-21-13-14-21/h5-10,15-16,19-22H,4,11-14,17-18H2,1-3H3,(H,37,47)(H2,38,40,41,46). The molecule has 1 atom stereocenters. The number of hydrogen-bond acceptors (Lipinski definition) is 11. The van der Waals surface area contributed by atoms with Gasteiger partial charge in [-0.25, -0.2) is 13.4 Å². The Morgan fingerprint density at radius 2 is 1.73 bits per heavy atom. The van der Waals surface area contributed by atoms with Gasteiger partial charge < -0.3 is 25.8 Å². The van der Waals surface area contributed by atoms with E-state index in [0.717, 1.165) is 53.9 Å². The van der Waals surface area contributed by atoms with Crippen molar-refractivity contribution in [2.24, 2.45) is 5.92 Å². The maximum atomic E-state index is 13.3. The Balaban J connectivity index is 1.06. The second-order valence-corrected chi connectivity index (χ2v) is 15.9. The number of aromatic nitrogens is 5. The van der Waals surface area contributed by atoms with Crippen LogP contribution in [0.4, 0.5) is 22.9 Å². The Kier molecular flexibility index (Phi) is 8.00. The normalized spacial score (nSPS) is 18.4. The number of anilines is 4. The van der Waals surface area contributed by atoms with Gasteiger partial charge in [-0.3, -0.25) is 19.1 Å². The zero-order valence-electron chi connectivity index (χ0n) is 28.5. The smallest absolute Gasteiger partial charge is 0.274 e. The molecule has 3 aromatic heterocycles. The summed E-state index contributed by atoms with van der Waals surface area (Å²) in [6.45, 7) is 4.45. The molecule has 3 fully saturated rings. The summed E-state index contributed by atoms with van der Waals surface area (Å²) in [5, 5.41) is 22.4. The molecule has 15 nitrogen and oxygen atoms in total. The summed E-state index contributed by atoms with van der Waals surface area (Å²) in [5.41, 5.74) is 5.23. The Labute approximate surface area is 294 Å². The Hall–Kier alpha value is -5.38. The molecule has 2 saturated carbocycles. The largest absolute Gasteiger partial charge is 0.364 e. The van der Waals surface area contributed by atoms with E-state index < -0.39 is 9.84 Å². The van der Waals surface area contributed by atoms with Crippen molar-refractivity contribution in [3.05, 3.63) is 65.7 Å². The van der Waals surface area contributed by atoms with Crippen molar-refractivity contribution < 1.29 is 22.8 Å². The molecule has 264 valence electrons. The fourth-order valence-corrected chi connectivity index (χ4v) is 7.43. The van der Waals surface area contributed by atoms with Crippen molar-refractivity contribution in [3.8, 4) is 11.1 Å². The number of pyridine rings is 1. The number of nitrogens with zero attached hydrogens (tertiary/aromatic N) is 7. The van der Waals surface area contributed by atoms with E-state index in [1.807, 2.05) is 36.1 Å². The average Bonchev–Trinajstić information content (AvgIpc) is 4.05. The van der Waals surface area contributed by atoms with Gasteiger partial charge in [-0.15, -0.1) is 10.2 Å². The number of likely N-dealkylation sites (tertiary alicyclic amines) is 1. The van der Waals surface area contributed by atoms with E-state index >= 15 is 0 Å². The summed E-state index contributed by atoms with van der Waals surface area (Å²) >= 11 is 0. The maximum Gasteiger partial charge on any atom is 0.274 e. The molecular formula is C35H38N10O5S. The highest BCUT2D eigenvalue weighted by Gasteiger charge is 2.39. The van der Waals surface area contributed by atoms with Crippen molar-refractivity contribution >= 4 is 50.4 Å². The van der Waals surface area contributed by atoms with E-state index in [0.29, 0.717) is 18.8 Å². The number of carbonyl (C=O) groups is 3. The third-order valence-corrected chi connectivity index (χ3v) is 11.6. The second kappa shape index (κ2) is 12.4. The van der Waals surface area contributed by atoms with Crippen LogP contribution >= 0.6 is 0 Å². The van der Waals surface area contributed by atoms with Gasteiger partial charge in [-0.05, 0) is 50.8 Å². The quantitative estimate of drug-likeness (QED) is 0.218. The van der Waals surface area contributed by atoms with Crippen molar-refractivity contribution in [1.82, 2.24) is 35.2 Å². The Bertz CT molecular complexity index is 2190. The predicted octanol–water partition coefficient (Wildman–Crippen LogP) is 3.72. The van der Waals surface area contributed by atoms with E-state index in [9.17, 15) is 22.8 Å². The minimum atomic E-state index is -3.54. The van der Waals surface area contributed by atoms with Gasteiger partial charge in [-0.1, -0.05) is 25.1 Å². The lowest BCUT2D eigenvalue weighted by molar-refractivity contribution is -0.117. The highest BCUT2D eigenvalue weighted by Crippen LogP contribution is 2.49. The lowest BCUT2D eigenvalue weighted by Crippen LogP contribution is -2.52. The van der Waals surface area contributed by atoms with Crippen molar-refractivity contribution in [2.45, 2.75) is 62.7 Å². The third kappa shape index (κ3) is 6.06. The number of sulfone groups is 1. The zero-order chi connectivity index (χ0) is 35.6. The molecule has 2 aliphatic heterocycles. The minimum Gasteiger partial charge on any atom is -0.364 e. The fraction of sp³-hybridized carbons (Fsp3) is 0.400. The number of hydrogen-bond donors (Lipinski definition) is 3. The minimum absolute atomic E-state index is 0.0169. The molecule has 1 aromatic carbocycles. The van der Waals surface area contributed by atoms with E-state index in [-0.39, 0.29) is 69.7 Å². The van der Waals surface area contributed by atoms with Crippen LogP contribution in [0.15, 0.2) is 53.7 Å². The first-order chi connectivity index (χ1) is 24.5. The molecular weight excluding hydrogens is 673 g/mol. The third-order valence-electron chi connectivity index (χ3n) is 10.0. The van der Waals surface area contributed by atoms with Crippen molar-refractivity contribution in [3.63, 3.8) is 0 Å². The molecule has 2 aliphatic carbocycles. The summed E-state index contributed by atoms with van der Waals surface area (Å²) in [4.78, 5) is 47.0. The first kappa shape index (κ1) is 32.8. The average molecular weight is 711 g/mol. The molecule has 16 heteroatoms. The van der Waals surface area contributed by atoms with Crippen LogP contribution < -0.4 is 20.9 Å². The monoisotopic (exact) mass is 710 g/mol. The highest BCUT2D eigenvalue weighted by atomic mass is 32.2. The fourth-order valence-electron chi connectivity index (χ4n) is 6.61. The molecule has 0 bridgehead atoms. The number of amides is 3. The van der Waals surface area contributed by atoms with Crippen LogP contribution in [0.2, 0.25) is 0 Å². The first-order valence-corrected chi connectivity index (χ1v) is 18.9. The highest BCUT2D eigenvalue weighted by molar-refractivity contribution is 7.91. The molecule has 3 N–H and O–H groups in total. The van der Waals surface area contributed by atoms with Crippen LogP contribution in [0.25, 0.3) is 11.1 Å². The van der Waals surface area contributed by atoms with Crippen LogP contribution in [0, 0.1) is 5.92 Å². The molecule has 0 spiro atoms. The van der Waals surface area contributed by atoms with Crippen molar-refractivity contribution in [1.29, 1.82) is 0 Å². The lowest BCUT2D eigenvalue weighted by Gasteiger charge is -2.42. The van der Waals surface area contributed by atoms with Gasteiger partial charge in [-0.2, -0.15) is 5.10 Å². The number of para-hydroxylation sites is 1. The van der Waals surface area contributed by atoms with Gasteiger partial charge in [0.25, 0.3) is 11.8 Å². The van der Waals surface area contributed by atoms with E-state index in [1.54, 1.807) is 24.0 Å². The number of rotatable bonds is 10. The summed E-state index contributed by atoms with van der Waals surface area (Å²) in [6, 6.07) is 12.0. The number of nitrogens with one attached hydrogen (secondary N) is 3. The summed E-state index contributed by atoms with van der Waals surface area (Å²) in [5.74, 6) is -0.593. The van der Waals surface area contributed by atoms with Gasteiger partial charge in [0.1, 0.15) is 5.69 Å². The predicted molar refractivity (Wildman–Crippen MR) is 189 cm³/mol. The molecule has 1 saturated heterocycles. The topological polar surface area (TPSA) is 184 Å². The Morgan fingerprint density at radius 3 is 2.45 bits per heavy atom. The van der Waals surface area contributed by atoms with Gasteiger partial charge in [0.05, 0.1) is 46.8 Å². The maximum absolute atomic E-state index is 13.3. The molecule has 3 amide bonds. The lowest BCUT2D eigenvalue weighted by atomic mass is 9.93. The number of fused-ring (bicyclic) bond motifs is 3. The van der Waals surface area contributed by atoms with Gasteiger partial charge in [0.15, 0.2) is 26.4 Å². The number of benzene rings is 1. The van der Waals surface area contributed by atoms with Crippen LogP contribution in [0.1, 0.15) is 78.3 Å². The molecule has 4 aromatic rings. The van der Waals surface area contributed by atoms with Crippen LogP contribution in [-0.2, 0) is 14.6 Å². The van der Waals surface area contributed by atoms with Crippen molar-refractivity contribution in [2.75, 3.05) is 41.4 Å². The summed E-state index contributed by atoms with van der Waals surface area (Å²) < 4.78 is 26.7. The summed E-state index contributed by atoms with van der Waals surface area (Å²) in [6.07, 6.45) is 5.40. The molecule has 5 heterocycles. The molecule has 51 heavy (non-hydrogen) atoms.